The number of carbonyl (C=O) groups excluding carboxylic acids is 2. The van der Waals surface area contributed by atoms with Gasteiger partial charge in [-0.15, -0.1) is 0 Å². The van der Waals surface area contributed by atoms with Crippen LogP contribution in [0.2, 0.25) is 10.0 Å². The molecule has 1 N–H and O–H groups in total. The lowest BCUT2D eigenvalue weighted by Gasteiger charge is -2.27. The molecule has 4 rings (SSSR count). The molecule has 0 aliphatic carbocycles. The first-order valence-corrected chi connectivity index (χ1v) is 9.93. The highest BCUT2D eigenvalue weighted by Crippen LogP contribution is 2.34. The number of urea groups is 1. The summed E-state index contributed by atoms with van der Waals surface area (Å²) < 4.78 is 0. The molecule has 1 fully saturated rings. The third kappa shape index (κ3) is 3.74. The zero-order chi connectivity index (χ0) is 20.4. The first-order valence-electron chi connectivity index (χ1n) is 9.17. The summed E-state index contributed by atoms with van der Waals surface area (Å²) in [6.45, 7) is 0.0735. The maximum absolute atomic E-state index is 13.6. The Kier molecular flexibility index (Phi) is 5.31. The number of nitrogens with one attached hydrogen (secondary N) is 1. The summed E-state index contributed by atoms with van der Waals surface area (Å²) >= 11 is 12.2. The van der Waals surface area contributed by atoms with Crippen LogP contribution in [0.3, 0.4) is 0 Å². The molecule has 1 saturated heterocycles. The molecular formula is C23H18Cl2N2O2. The number of amides is 3. The summed E-state index contributed by atoms with van der Waals surface area (Å²) in [5.41, 5.74) is 1.19. The predicted octanol–water partition coefficient (Wildman–Crippen LogP) is 5.18. The molecule has 3 aromatic rings. The number of benzene rings is 3. The van der Waals surface area contributed by atoms with Gasteiger partial charge in [0.1, 0.15) is 0 Å². The monoisotopic (exact) mass is 424 g/mol. The van der Waals surface area contributed by atoms with Gasteiger partial charge in [0.05, 0.1) is 6.54 Å². The molecule has 1 heterocycles. The Labute approximate surface area is 179 Å². The molecule has 29 heavy (non-hydrogen) atoms. The van der Waals surface area contributed by atoms with Crippen molar-refractivity contribution in [3.8, 4) is 0 Å². The average molecular weight is 425 g/mol. The van der Waals surface area contributed by atoms with Gasteiger partial charge in [0, 0.05) is 16.5 Å². The van der Waals surface area contributed by atoms with Crippen LogP contribution < -0.4 is 5.32 Å². The van der Waals surface area contributed by atoms with Gasteiger partial charge in [0.25, 0.3) is 5.91 Å². The highest BCUT2D eigenvalue weighted by atomic mass is 35.5. The van der Waals surface area contributed by atoms with Crippen molar-refractivity contribution >= 4 is 35.1 Å². The molecule has 0 aromatic heterocycles. The molecule has 1 unspecified atom stereocenters. The molecule has 1 atom stereocenters. The summed E-state index contributed by atoms with van der Waals surface area (Å²) in [4.78, 5) is 27.7. The Morgan fingerprint density at radius 3 is 2.17 bits per heavy atom. The quantitative estimate of drug-likeness (QED) is 0.573. The van der Waals surface area contributed by atoms with Crippen molar-refractivity contribution in [1.29, 1.82) is 0 Å². The predicted molar refractivity (Wildman–Crippen MR) is 114 cm³/mol. The van der Waals surface area contributed by atoms with Gasteiger partial charge >= 0.3 is 6.03 Å². The maximum atomic E-state index is 13.6. The Hall–Kier alpha value is -2.82. The third-order valence-corrected chi connectivity index (χ3v) is 5.68. The lowest BCUT2D eigenvalue weighted by Crippen LogP contribution is -2.46. The normalized spacial score (nSPS) is 18.8. The van der Waals surface area contributed by atoms with Crippen molar-refractivity contribution in [2.75, 3.05) is 0 Å². The molecule has 0 radical (unpaired) electrons. The van der Waals surface area contributed by atoms with Crippen LogP contribution in [-0.2, 0) is 23.3 Å². The van der Waals surface area contributed by atoms with E-state index in [0.29, 0.717) is 22.0 Å². The van der Waals surface area contributed by atoms with Crippen LogP contribution in [0.15, 0.2) is 78.9 Å². The Morgan fingerprint density at radius 1 is 0.862 bits per heavy atom. The Morgan fingerprint density at radius 2 is 1.52 bits per heavy atom. The molecule has 6 heteroatoms. The zero-order valence-corrected chi connectivity index (χ0v) is 17.0. The number of hydrogen-bond acceptors (Lipinski definition) is 2. The fourth-order valence-corrected chi connectivity index (χ4v) is 4.10. The second-order valence-electron chi connectivity index (χ2n) is 6.99. The second-order valence-corrected chi connectivity index (χ2v) is 7.83. The van der Waals surface area contributed by atoms with Gasteiger partial charge in [-0.05, 0) is 28.8 Å². The fraction of sp³-hybridized carbons (Fsp3) is 0.130. The SMILES string of the molecule is O=C1NC(Cc2ccccc2)(c2ccccc2)C(=O)N1Cc1ccc(Cl)cc1Cl. The van der Waals surface area contributed by atoms with Crippen LogP contribution in [0.4, 0.5) is 4.79 Å². The molecule has 1 aliphatic heterocycles. The van der Waals surface area contributed by atoms with Crippen molar-refractivity contribution in [1.82, 2.24) is 10.2 Å². The summed E-state index contributed by atoms with van der Waals surface area (Å²) in [7, 11) is 0. The van der Waals surface area contributed by atoms with Crippen LogP contribution in [0, 0.1) is 0 Å². The van der Waals surface area contributed by atoms with Crippen molar-refractivity contribution < 1.29 is 9.59 Å². The lowest BCUT2D eigenvalue weighted by molar-refractivity contribution is -0.132. The summed E-state index contributed by atoms with van der Waals surface area (Å²) in [6, 6.07) is 23.6. The van der Waals surface area contributed by atoms with Crippen molar-refractivity contribution in [3.05, 3.63) is 106 Å². The van der Waals surface area contributed by atoms with E-state index in [2.05, 4.69) is 5.32 Å². The van der Waals surface area contributed by atoms with E-state index < -0.39 is 11.6 Å². The van der Waals surface area contributed by atoms with Crippen LogP contribution in [-0.4, -0.2) is 16.8 Å². The van der Waals surface area contributed by atoms with Gasteiger partial charge in [-0.1, -0.05) is 89.9 Å². The van der Waals surface area contributed by atoms with Gasteiger partial charge in [0.2, 0.25) is 0 Å². The minimum Gasteiger partial charge on any atom is -0.319 e. The Balaban J connectivity index is 1.72. The van der Waals surface area contributed by atoms with Crippen molar-refractivity contribution in [2.24, 2.45) is 0 Å². The number of halogens is 2. The summed E-state index contributed by atoms with van der Waals surface area (Å²) in [5.74, 6) is -0.302. The molecule has 0 saturated carbocycles. The zero-order valence-electron chi connectivity index (χ0n) is 15.4. The van der Waals surface area contributed by atoms with Crippen molar-refractivity contribution in [3.63, 3.8) is 0 Å². The van der Waals surface area contributed by atoms with E-state index >= 15 is 0 Å². The Bertz CT molecular complexity index is 1060. The molecule has 146 valence electrons. The van der Waals surface area contributed by atoms with Crippen LogP contribution in [0.25, 0.3) is 0 Å². The largest absolute Gasteiger partial charge is 0.325 e. The number of nitrogens with zero attached hydrogens (tertiary/aromatic N) is 1. The number of carbonyl (C=O) groups is 2. The second kappa shape index (κ2) is 7.90. The lowest BCUT2D eigenvalue weighted by atomic mass is 9.83. The van der Waals surface area contributed by atoms with Crippen LogP contribution in [0.1, 0.15) is 16.7 Å². The van der Waals surface area contributed by atoms with E-state index in [4.69, 9.17) is 23.2 Å². The van der Waals surface area contributed by atoms with E-state index in [0.717, 1.165) is 11.1 Å². The highest BCUT2D eigenvalue weighted by Gasteiger charge is 2.52. The number of rotatable bonds is 5. The van der Waals surface area contributed by atoms with Crippen LogP contribution in [0.5, 0.6) is 0 Å². The topological polar surface area (TPSA) is 49.4 Å². The third-order valence-electron chi connectivity index (χ3n) is 5.10. The van der Waals surface area contributed by atoms with E-state index in [-0.39, 0.29) is 12.5 Å². The van der Waals surface area contributed by atoms with E-state index in [1.54, 1.807) is 18.2 Å². The van der Waals surface area contributed by atoms with Crippen molar-refractivity contribution in [2.45, 2.75) is 18.5 Å². The van der Waals surface area contributed by atoms with Gasteiger partial charge in [-0.2, -0.15) is 0 Å². The average Bonchev–Trinajstić information content (AvgIpc) is 2.96. The maximum Gasteiger partial charge on any atom is 0.325 e. The molecule has 3 aromatic carbocycles. The standard InChI is InChI=1S/C23H18Cl2N2O2/c24-19-12-11-17(20(25)13-19)15-27-21(28)23(26-22(27)29,18-9-5-2-6-10-18)14-16-7-3-1-4-8-16/h1-13H,14-15H2,(H,26,29). The van der Waals surface area contributed by atoms with Gasteiger partial charge < -0.3 is 5.32 Å². The summed E-state index contributed by atoms with van der Waals surface area (Å²) in [6.07, 6.45) is 0.354. The van der Waals surface area contributed by atoms with Gasteiger partial charge in [-0.3, -0.25) is 9.69 Å². The molecule has 0 spiro atoms. The smallest absolute Gasteiger partial charge is 0.319 e. The highest BCUT2D eigenvalue weighted by molar-refractivity contribution is 6.35. The molecule has 1 aliphatic rings. The minimum absolute atomic E-state index is 0.0735. The first-order chi connectivity index (χ1) is 14.0. The fourth-order valence-electron chi connectivity index (χ4n) is 3.63. The summed E-state index contributed by atoms with van der Waals surface area (Å²) in [5, 5.41) is 3.87. The minimum atomic E-state index is -1.17. The molecule has 4 nitrogen and oxygen atoms in total. The molecular weight excluding hydrogens is 407 g/mol. The number of hydrogen-bond donors (Lipinski definition) is 1. The molecule has 0 bridgehead atoms. The van der Waals surface area contributed by atoms with E-state index in [1.165, 1.54) is 4.90 Å². The van der Waals surface area contributed by atoms with Gasteiger partial charge in [0.15, 0.2) is 5.54 Å². The van der Waals surface area contributed by atoms with Gasteiger partial charge in [-0.25, -0.2) is 4.79 Å². The van der Waals surface area contributed by atoms with Crippen LogP contribution >= 0.6 is 23.2 Å². The van der Waals surface area contributed by atoms with E-state index in [9.17, 15) is 9.59 Å². The number of imide groups is 1. The first kappa shape index (κ1) is 19.5. The van der Waals surface area contributed by atoms with E-state index in [1.807, 2.05) is 60.7 Å². The molecule has 3 amide bonds.